The molecule has 0 aliphatic rings. The van der Waals surface area contributed by atoms with Gasteiger partial charge in [-0.1, -0.05) is 0 Å². The molecule has 80 valence electrons. The molecule has 0 amide bonds. The lowest BCUT2D eigenvalue weighted by Gasteiger charge is -2.25. The van der Waals surface area contributed by atoms with E-state index in [0.29, 0.717) is 12.5 Å². The van der Waals surface area contributed by atoms with E-state index < -0.39 is 8.80 Å². The van der Waals surface area contributed by atoms with Crippen molar-refractivity contribution in [3.8, 4) is 0 Å². The molecule has 6 heteroatoms. The Morgan fingerprint density at radius 3 is 2.15 bits per heavy atom. The van der Waals surface area contributed by atoms with Gasteiger partial charge in [0, 0.05) is 34.0 Å². The zero-order valence-corrected chi connectivity index (χ0v) is 10.3. The molecule has 0 aromatic heterocycles. The molecule has 0 saturated heterocycles. The van der Waals surface area contributed by atoms with Crippen LogP contribution in [0.3, 0.4) is 0 Å². The molecule has 0 aliphatic carbocycles. The summed E-state index contributed by atoms with van der Waals surface area (Å²) < 4.78 is 20.8. The van der Waals surface area contributed by atoms with Crippen molar-refractivity contribution in [2.45, 2.75) is 12.5 Å². The van der Waals surface area contributed by atoms with Gasteiger partial charge in [0.25, 0.3) is 0 Å². The zero-order valence-electron chi connectivity index (χ0n) is 8.41. The zero-order chi connectivity index (χ0) is 10.2. The summed E-state index contributed by atoms with van der Waals surface area (Å²) in [5.74, 6) is 0.320. The maximum absolute atomic E-state index is 5.38. The van der Waals surface area contributed by atoms with E-state index >= 15 is 0 Å². The summed E-state index contributed by atoms with van der Waals surface area (Å²) in [5, 5.41) is 0. The molecule has 0 N–H and O–H groups in total. The molecule has 0 aliphatic heterocycles. The highest BCUT2D eigenvalue weighted by Gasteiger charge is 2.37. The van der Waals surface area contributed by atoms with Gasteiger partial charge >= 0.3 is 8.80 Å². The lowest BCUT2D eigenvalue weighted by molar-refractivity contribution is 0.112. The van der Waals surface area contributed by atoms with Gasteiger partial charge in [0.1, 0.15) is 0 Å². The predicted molar refractivity (Wildman–Crippen MR) is 56.0 cm³/mol. The van der Waals surface area contributed by atoms with E-state index in [1.54, 1.807) is 21.3 Å². The molecule has 0 aromatic carbocycles. The Morgan fingerprint density at radius 1 is 1.15 bits per heavy atom. The van der Waals surface area contributed by atoms with Crippen molar-refractivity contribution in [1.29, 1.82) is 0 Å². The van der Waals surface area contributed by atoms with Crippen molar-refractivity contribution < 1.29 is 18.0 Å². The van der Waals surface area contributed by atoms with Crippen LogP contribution in [0.15, 0.2) is 0 Å². The predicted octanol–water partition coefficient (Wildman–Crippen LogP) is 1.16. The van der Waals surface area contributed by atoms with E-state index in [0.717, 1.165) is 12.5 Å². The topological polar surface area (TPSA) is 36.9 Å². The third kappa shape index (κ3) is 4.99. The smallest absolute Gasteiger partial charge is 0.385 e. The first kappa shape index (κ1) is 13.4. The van der Waals surface area contributed by atoms with Crippen molar-refractivity contribution in [2.24, 2.45) is 0 Å². The lowest BCUT2D eigenvalue weighted by atomic mass is 10.5. The Balaban J connectivity index is 3.89. The SMILES string of the molecule is COCCC[Si](OC)(OC)OCS. The van der Waals surface area contributed by atoms with Crippen LogP contribution < -0.4 is 0 Å². The van der Waals surface area contributed by atoms with Gasteiger partial charge in [0.15, 0.2) is 0 Å². The molecule has 0 spiro atoms. The highest BCUT2D eigenvalue weighted by Crippen LogP contribution is 2.16. The van der Waals surface area contributed by atoms with Gasteiger partial charge in [-0.3, -0.25) is 0 Å². The molecule has 0 saturated carbocycles. The van der Waals surface area contributed by atoms with E-state index in [1.807, 2.05) is 0 Å². The van der Waals surface area contributed by atoms with Gasteiger partial charge in [-0.2, -0.15) is 12.6 Å². The summed E-state index contributed by atoms with van der Waals surface area (Å²) in [6, 6.07) is 0.758. The first-order valence-corrected chi connectivity index (χ1v) is 6.65. The second-order valence-corrected chi connectivity index (χ2v) is 5.69. The van der Waals surface area contributed by atoms with E-state index in [9.17, 15) is 0 Å². The maximum atomic E-state index is 5.38. The van der Waals surface area contributed by atoms with Gasteiger partial charge in [0.05, 0.1) is 5.94 Å². The summed E-state index contributed by atoms with van der Waals surface area (Å²) in [4.78, 5) is 0. The first-order chi connectivity index (χ1) is 6.24. The number of ether oxygens (including phenoxy) is 1. The summed E-state index contributed by atoms with van der Waals surface area (Å²) in [5.41, 5.74) is 0. The number of thiol groups is 1. The molecule has 0 bridgehead atoms. The quantitative estimate of drug-likeness (QED) is 0.292. The van der Waals surface area contributed by atoms with Crippen LogP contribution >= 0.6 is 12.6 Å². The largest absolute Gasteiger partial charge is 0.501 e. The molecule has 0 atom stereocenters. The maximum Gasteiger partial charge on any atom is 0.501 e. The van der Waals surface area contributed by atoms with Crippen molar-refractivity contribution in [3.05, 3.63) is 0 Å². The van der Waals surface area contributed by atoms with Crippen molar-refractivity contribution >= 4 is 21.4 Å². The minimum atomic E-state index is -2.44. The molecule has 0 radical (unpaired) electrons. The van der Waals surface area contributed by atoms with E-state index in [1.165, 1.54) is 0 Å². The molecular formula is C7H18O4SSi. The van der Waals surface area contributed by atoms with E-state index in [4.69, 9.17) is 18.0 Å². The molecule has 0 unspecified atom stereocenters. The van der Waals surface area contributed by atoms with Crippen LogP contribution in [0.4, 0.5) is 0 Å². The fourth-order valence-electron chi connectivity index (χ4n) is 1.01. The second kappa shape index (κ2) is 7.78. The van der Waals surface area contributed by atoms with E-state index in [-0.39, 0.29) is 0 Å². The van der Waals surface area contributed by atoms with Gasteiger partial charge < -0.3 is 18.0 Å². The van der Waals surface area contributed by atoms with Gasteiger partial charge in [-0.25, -0.2) is 0 Å². The summed E-state index contributed by atoms with van der Waals surface area (Å²) in [7, 11) is 2.44. The standard InChI is InChI=1S/C7H18O4SSi/c1-8-5-4-6-13(9-2,10-3)11-7-12/h12H,4-7H2,1-3H3. The van der Waals surface area contributed by atoms with Crippen LogP contribution in [0.25, 0.3) is 0 Å². The van der Waals surface area contributed by atoms with E-state index in [2.05, 4.69) is 12.6 Å². The number of hydrogen-bond acceptors (Lipinski definition) is 5. The summed E-state index contributed by atoms with van der Waals surface area (Å²) in [6.45, 7) is 0.692. The average Bonchev–Trinajstić information content (AvgIpc) is 2.17. The molecule has 0 aromatic rings. The molecule has 13 heavy (non-hydrogen) atoms. The number of hydrogen-bond donors (Lipinski definition) is 1. The normalized spacial score (nSPS) is 12.0. The Kier molecular flexibility index (Phi) is 8.02. The van der Waals surface area contributed by atoms with Gasteiger partial charge in [-0.05, 0) is 6.42 Å². The van der Waals surface area contributed by atoms with Crippen molar-refractivity contribution in [1.82, 2.24) is 0 Å². The third-order valence-electron chi connectivity index (χ3n) is 1.74. The van der Waals surface area contributed by atoms with Gasteiger partial charge in [-0.15, -0.1) is 0 Å². The number of methoxy groups -OCH3 is 1. The molecule has 0 fully saturated rings. The fourth-order valence-corrected chi connectivity index (χ4v) is 3.33. The van der Waals surface area contributed by atoms with Crippen LogP contribution in [0.2, 0.25) is 6.04 Å². The van der Waals surface area contributed by atoms with Crippen LogP contribution in [0.5, 0.6) is 0 Å². The molecular weight excluding hydrogens is 208 g/mol. The highest BCUT2D eigenvalue weighted by atomic mass is 32.1. The van der Waals surface area contributed by atoms with Crippen LogP contribution in [0.1, 0.15) is 6.42 Å². The van der Waals surface area contributed by atoms with Crippen molar-refractivity contribution in [2.75, 3.05) is 33.9 Å². The second-order valence-electron chi connectivity index (χ2n) is 2.46. The monoisotopic (exact) mass is 226 g/mol. The lowest BCUT2D eigenvalue weighted by Crippen LogP contribution is -2.43. The van der Waals surface area contributed by atoms with Gasteiger partial charge in [0.2, 0.25) is 0 Å². The third-order valence-corrected chi connectivity index (χ3v) is 4.90. The Labute approximate surface area is 86.3 Å². The average molecular weight is 226 g/mol. The van der Waals surface area contributed by atoms with Crippen LogP contribution in [-0.2, 0) is 18.0 Å². The summed E-state index contributed by atoms with van der Waals surface area (Å²) >= 11 is 3.99. The van der Waals surface area contributed by atoms with Crippen LogP contribution in [-0.4, -0.2) is 42.7 Å². The first-order valence-electron chi connectivity index (χ1n) is 4.08. The Hall–Kier alpha value is 0.407. The minimum absolute atomic E-state index is 0.320. The molecule has 0 rings (SSSR count). The Morgan fingerprint density at radius 2 is 1.77 bits per heavy atom. The summed E-state index contributed by atoms with van der Waals surface area (Å²) in [6.07, 6.45) is 0.873. The highest BCUT2D eigenvalue weighted by molar-refractivity contribution is 7.80. The number of rotatable bonds is 8. The Bertz CT molecular complexity index is 121. The minimum Gasteiger partial charge on any atom is -0.385 e. The van der Waals surface area contributed by atoms with Crippen LogP contribution in [0, 0.1) is 0 Å². The molecule has 0 heterocycles. The molecule has 4 nitrogen and oxygen atoms in total. The fraction of sp³-hybridized carbons (Fsp3) is 1.00. The van der Waals surface area contributed by atoms with Crippen molar-refractivity contribution in [3.63, 3.8) is 0 Å².